The van der Waals surface area contributed by atoms with Crippen LogP contribution in [0.15, 0.2) is 48.5 Å². The Morgan fingerprint density at radius 2 is 2.08 bits per heavy atom. The molecule has 26 heavy (non-hydrogen) atoms. The van der Waals surface area contributed by atoms with E-state index in [9.17, 15) is 4.79 Å². The number of anilines is 1. The first-order valence-corrected chi connectivity index (χ1v) is 8.77. The molecule has 0 bridgehead atoms. The largest absolute Gasteiger partial charge is 0.493 e. The lowest BCUT2D eigenvalue weighted by molar-refractivity contribution is -0.120. The predicted molar refractivity (Wildman–Crippen MR) is 103 cm³/mol. The van der Waals surface area contributed by atoms with Gasteiger partial charge in [-0.25, -0.2) is 0 Å². The molecule has 0 fully saturated rings. The Morgan fingerprint density at radius 3 is 2.81 bits per heavy atom. The monoisotopic (exact) mass is 371 g/mol. The summed E-state index contributed by atoms with van der Waals surface area (Å²) >= 11 is 5.92. The quantitative estimate of drug-likeness (QED) is 0.714. The van der Waals surface area contributed by atoms with Crippen molar-refractivity contribution < 1.29 is 9.53 Å². The number of likely N-dealkylation sites (N-methyl/N-ethyl adjacent to an activating group) is 1. The number of nitriles is 1. The van der Waals surface area contributed by atoms with E-state index in [2.05, 4.69) is 11.4 Å². The van der Waals surface area contributed by atoms with E-state index in [1.807, 2.05) is 31.0 Å². The smallest absolute Gasteiger partial charge is 0.241 e. The first-order chi connectivity index (χ1) is 12.5. The molecule has 0 saturated carbocycles. The highest BCUT2D eigenvalue weighted by Gasteiger charge is 2.17. The number of nitrogens with zero attached hydrogens (tertiary/aromatic N) is 2. The molecule has 2 aromatic rings. The van der Waals surface area contributed by atoms with Crippen LogP contribution in [-0.4, -0.2) is 37.0 Å². The van der Waals surface area contributed by atoms with Gasteiger partial charge in [-0.3, -0.25) is 9.69 Å². The number of hydrogen-bond donors (Lipinski definition) is 1. The number of carbonyl (C=O) groups is 1. The van der Waals surface area contributed by atoms with Gasteiger partial charge < -0.3 is 10.1 Å². The van der Waals surface area contributed by atoms with Gasteiger partial charge >= 0.3 is 0 Å². The summed E-state index contributed by atoms with van der Waals surface area (Å²) in [7, 11) is 1.90. The van der Waals surface area contributed by atoms with E-state index in [1.165, 1.54) is 0 Å². The summed E-state index contributed by atoms with van der Waals surface area (Å²) < 4.78 is 5.66. The highest BCUT2D eigenvalue weighted by molar-refractivity contribution is 6.30. The average Bonchev–Trinajstić information content (AvgIpc) is 2.64. The second kappa shape index (κ2) is 9.81. The highest BCUT2D eigenvalue weighted by Crippen LogP contribution is 2.17. The summed E-state index contributed by atoms with van der Waals surface area (Å²) in [5.74, 6) is 0.627. The number of benzene rings is 2. The molecule has 6 heteroatoms. The van der Waals surface area contributed by atoms with E-state index in [0.29, 0.717) is 29.4 Å². The fourth-order valence-electron chi connectivity index (χ4n) is 2.37. The van der Waals surface area contributed by atoms with Crippen LogP contribution >= 0.6 is 11.6 Å². The van der Waals surface area contributed by atoms with E-state index < -0.39 is 0 Å². The maximum absolute atomic E-state index is 12.4. The Kier molecular flexibility index (Phi) is 7.46. The number of ether oxygens (including phenoxy) is 1. The van der Waals surface area contributed by atoms with Crippen molar-refractivity contribution in [2.24, 2.45) is 0 Å². The van der Waals surface area contributed by atoms with Crippen molar-refractivity contribution in [2.75, 3.05) is 25.5 Å². The van der Waals surface area contributed by atoms with Crippen LogP contribution in [0.2, 0.25) is 5.02 Å². The molecule has 0 saturated heterocycles. The maximum Gasteiger partial charge on any atom is 0.241 e. The van der Waals surface area contributed by atoms with Crippen LogP contribution in [0.1, 0.15) is 18.9 Å². The molecule has 0 aliphatic heterocycles. The molecule has 1 N–H and O–H groups in total. The molecule has 0 aliphatic rings. The molecule has 1 atom stereocenters. The minimum absolute atomic E-state index is 0.113. The zero-order valence-corrected chi connectivity index (χ0v) is 15.7. The topological polar surface area (TPSA) is 65.4 Å². The fourth-order valence-corrected chi connectivity index (χ4v) is 2.55. The number of hydrogen-bond acceptors (Lipinski definition) is 4. The first kappa shape index (κ1) is 19.8. The maximum atomic E-state index is 12.4. The highest BCUT2D eigenvalue weighted by atomic mass is 35.5. The molecule has 0 heterocycles. The van der Waals surface area contributed by atoms with Crippen molar-refractivity contribution in [3.63, 3.8) is 0 Å². The Bertz CT molecular complexity index is 789. The fraction of sp³-hybridized carbons (Fsp3) is 0.300. The second-order valence-corrected chi connectivity index (χ2v) is 6.43. The molecule has 2 rings (SSSR count). The number of nitrogens with one attached hydrogen (secondary N) is 1. The van der Waals surface area contributed by atoms with Crippen molar-refractivity contribution in [3.8, 4) is 11.8 Å². The third-order valence-corrected chi connectivity index (χ3v) is 4.25. The van der Waals surface area contributed by atoms with Crippen LogP contribution < -0.4 is 10.1 Å². The van der Waals surface area contributed by atoms with Crippen LogP contribution in [0.4, 0.5) is 5.69 Å². The Morgan fingerprint density at radius 1 is 1.31 bits per heavy atom. The van der Waals surface area contributed by atoms with E-state index in [0.717, 1.165) is 12.2 Å². The lowest BCUT2D eigenvalue weighted by Gasteiger charge is -2.23. The molecule has 0 spiro atoms. The molecular formula is C20H22ClN3O2. The summed E-state index contributed by atoms with van der Waals surface area (Å²) in [4.78, 5) is 14.3. The van der Waals surface area contributed by atoms with Crippen LogP contribution in [0.3, 0.4) is 0 Å². The van der Waals surface area contributed by atoms with E-state index in [-0.39, 0.29) is 11.9 Å². The standard InChI is InChI=1S/C20H22ClN3O2/c1-15(20(25)23-18-8-3-6-16(12-18)14-22)24(2)10-5-11-26-19-9-4-7-17(21)13-19/h3-4,6-9,12-13,15H,5,10-11H2,1-2H3,(H,23,25). The van der Waals surface area contributed by atoms with E-state index in [1.54, 1.807) is 36.4 Å². The van der Waals surface area contributed by atoms with Gasteiger partial charge in [-0.15, -0.1) is 0 Å². The van der Waals surface area contributed by atoms with Gasteiger partial charge in [0.15, 0.2) is 0 Å². The second-order valence-electron chi connectivity index (χ2n) is 6.00. The van der Waals surface area contributed by atoms with Crippen LogP contribution in [0.5, 0.6) is 5.75 Å². The Labute approximate surface area is 159 Å². The van der Waals surface area contributed by atoms with Crippen molar-refractivity contribution >= 4 is 23.2 Å². The van der Waals surface area contributed by atoms with Gasteiger partial charge in [0.1, 0.15) is 5.75 Å². The van der Waals surface area contributed by atoms with Gasteiger partial charge in [0.05, 0.1) is 24.3 Å². The number of amides is 1. The minimum atomic E-state index is -0.299. The average molecular weight is 372 g/mol. The van der Waals surface area contributed by atoms with Crippen LogP contribution in [0, 0.1) is 11.3 Å². The van der Waals surface area contributed by atoms with Crippen molar-refractivity contribution in [3.05, 3.63) is 59.1 Å². The molecular weight excluding hydrogens is 350 g/mol. The number of halogens is 1. The van der Waals surface area contributed by atoms with Crippen molar-refractivity contribution in [1.29, 1.82) is 5.26 Å². The summed E-state index contributed by atoms with van der Waals surface area (Å²) in [6.45, 7) is 3.11. The van der Waals surface area contributed by atoms with Gasteiger partial charge in [-0.05, 0) is 56.8 Å². The van der Waals surface area contributed by atoms with Gasteiger partial charge in [0.25, 0.3) is 0 Å². The van der Waals surface area contributed by atoms with Crippen molar-refractivity contribution in [2.45, 2.75) is 19.4 Å². The predicted octanol–water partition coefficient (Wildman–Crippen LogP) is 3.94. The van der Waals surface area contributed by atoms with Gasteiger partial charge in [-0.1, -0.05) is 23.7 Å². The third kappa shape index (κ3) is 6.07. The van der Waals surface area contributed by atoms with Crippen LogP contribution in [0.25, 0.3) is 0 Å². The van der Waals surface area contributed by atoms with E-state index in [4.69, 9.17) is 21.6 Å². The summed E-state index contributed by atoms with van der Waals surface area (Å²) in [5, 5.41) is 12.4. The van der Waals surface area contributed by atoms with Crippen molar-refractivity contribution in [1.82, 2.24) is 4.90 Å². The molecule has 0 aliphatic carbocycles. The van der Waals surface area contributed by atoms with Gasteiger partial charge in [0, 0.05) is 17.3 Å². The molecule has 136 valence electrons. The molecule has 0 aromatic heterocycles. The lowest BCUT2D eigenvalue weighted by Crippen LogP contribution is -2.40. The molecule has 0 radical (unpaired) electrons. The molecule has 1 unspecified atom stereocenters. The zero-order valence-electron chi connectivity index (χ0n) is 14.9. The lowest BCUT2D eigenvalue weighted by atomic mass is 10.2. The summed E-state index contributed by atoms with van der Waals surface area (Å²) in [6, 6.07) is 15.9. The summed E-state index contributed by atoms with van der Waals surface area (Å²) in [6.07, 6.45) is 0.782. The molecule has 5 nitrogen and oxygen atoms in total. The number of rotatable bonds is 8. The third-order valence-electron chi connectivity index (χ3n) is 4.02. The normalized spacial score (nSPS) is 11.7. The molecule has 2 aromatic carbocycles. The Hall–Kier alpha value is -2.55. The minimum Gasteiger partial charge on any atom is -0.493 e. The SMILES string of the molecule is CC(C(=O)Nc1cccc(C#N)c1)N(C)CCCOc1cccc(Cl)c1. The zero-order chi connectivity index (χ0) is 18.9. The molecule has 1 amide bonds. The first-order valence-electron chi connectivity index (χ1n) is 8.39. The van der Waals surface area contributed by atoms with E-state index >= 15 is 0 Å². The van der Waals surface area contributed by atoms with Gasteiger partial charge in [-0.2, -0.15) is 5.26 Å². The summed E-state index contributed by atoms with van der Waals surface area (Å²) in [5.41, 5.74) is 1.14. The Balaban J connectivity index is 1.76. The number of carbonyl (C=O) groups excluding carboxylic acids is 1. The van der Waals surface area contributed by atoms with Crippen LogP contribution in [-0.2, 0) is 4.79 Å². The van der Waals surface area contributed by atoms with Gasteiger partial charge in [0.2, 0.25) is 5.91 Å².